The first kappa shape index (κ1) is 16.3. The SMILES string of the molecule is CCCCN(CC)C(=O)Nc1ccc(Cl)c(C(=O)O)c1. The third-order valence-electron chi connectivity index (χ3n) is 2.90. The van der Waals surface area contributed by atoms with Crippen LogP contribution in [0.4, 0.5) is 10.5 Å². The number of carbonyl (C=O) groups excluding carboxylic acids is 1. The summed E-state index contributed by atoms with van der Waals surface area (Å²) in [5.41, 5.74) is 0.396. The molecule has 0 atom stereocenters. The number of hydrogen-bond acceptors (Lipinski definition) is 2. The van der Waals surface area contributed by atoms with E-state index in [0.717, 1.165) is 12.8 Å². The zero-order valence-corrected chi connectivity index (χ0v) is 12.4. The highest BCUT2D eigenvalue weighted by atomic mass is 35.5. The summed E-state index contributed by atoms with van der Waals surface area (Å²) >= 11 is 5.78. The number of carboxylic acids is 1. The molecule has 2 N–H and O–H groups in total. The lowest BCUT2D eigenvalue weighted by Gasteiger charge is -2.21. The van der Waals surface area contributed by atoms with Crippen LogP contribution in [0.15, 0.2) is 18.2 Å². The Kier molecular flexibility index (Phi) is 6.31. The van der Waals surface area contributed by atoms with Crippen molar-refractivity contribution < 1.29 is 14.7 Å². The molecule has 110 valence electrons. The van der Waals surface area contributed by atoms with Gasteiger partial charge in [0.05, 0.1) is 10.6 Å². The van der Waals surface area contributed by atoms with Gasteiger partial charge < -0.3 is 15.3 Å². The number of aromatic carboxylic acids is 1. The number of benzene rings is 1. The van der Waals surface area contributed by atoms with Crippen molar-refractivity contribution in [1.29, 1.82) is 0 Å². The minimum atomic E-state index is -1.12. The predicted molar refractivity (Wildman–Crippen MR) is 79.6 cm³/mol. The molecule has 0 heterocycles. The molecule has 1 aromatic rings. The van der Waals surface area contributed by atoms with Gasteiger partial charge in [-0.25, -0.2) is 9.59 Å². The molecule has 0 bridgehead atoms. The lowest BCUT2D eigenvalue weighted by atomic mass is 10.2. The fourth-order valence-corrected chi connectivity index (χ4v) is 1.92. The molecule has 0 spiro atoms. The Morgan fingerprint density at radius 3 is 2.60 bits per heavy atom. The maximum Gasteiger partial charge on any atom is 0.337 e. The molecule has 0 aliphatic heterocycles. The number of rotatable bonds is 6. The monoisotopic (exact) mass is 298 g/mol. The van der Waals surface area contributed by atoms with Crippen molar-refractivity contribution in [2.45, 2.75) is 26.7 Å². The number of anilines is 1. The minimum absolute atomic E-state index is 0.0268. The maximum absolute atomic E-state index is 12.1. The predicted octanol–water partition coefficient (Wildman–Crippen LogP) is 3.69. The van der Waals surface area contributed by atoms with Gasteiger partial charge in [0.1, 0.15) is 0 Å². The van der Waals surface area contributed by atoms with Crippen LogP contribution < -0.4 is 5.32 Å². The Balaban J connectivity index is 2.79. The molecule has 5 nitrogen and oxygen atoms in total. The van der Waals surface area contributed by atoms with Gasteiger partial charge in [-0.05, 0) is 31.5 Å². The molecule has 0 radical (unpaired) electrons. The zero-order valence-electron chi connectivity index (χ0n) is 11.6. The number of carbonyl (C=O) groups is 2. The second kappa shape index (κ2) is 7.75. The fraction of sp³-hybridized carbons (Fsp3) is 0.429. The van der Waals surface area contributed by atoms with E-state index in [1.54, 1.807) is 11.0 Å². The number of hydrogen-bond donors (Lipinski definition) is 2. The van der Waals surface area contributed by atoms with Crippen molar-refractivity contribution in [1.82, 2.24) is 4.90 Å². The molecule has 6 heteroatoms. The molecule has 20 heavy (non-hydrogen) atoms. The average Bonchev–Trinajstić information content (AvgIpc) is 2.41. The third-order valence-corrected chi connectivity index (χ3v) is 3.23. The van der Waals surface area contributed by atoms with Gasteiger partial charge >= 0.3 is 12.0 Å². The zero-order chi connectivity index (χ0) is 15.1. The van der Waals surface area contributed by atoms with E-state index < -0.39 is 5.97 Å². The average molecular weight is 299 g/mol. The van der Waals surface area contributed by atoms with Crippen molar-refractivity contribution in [3.05, 3.63) is 28.8 Å². The van der Waals surface area contributed by atoms with Crippen LogP contribution in [-0.4, -0.2) is 35.1 Å². The van der Waals surface area contributed by atoms with E-state index in [1.165, 1.54) is 12.1 Å². The highest BCUT2D eigenvalue weighted by Crippen LogP contribution is 2.20. The summed E-state index contributed by atoms with van der Waals surface area (Å²) in [4.78, 5) is 24.7. The van der Waals surface area contributed by atoms with Crippen LogP contribution in [0.25, 0.3) is 0 Å². The molecule has 0 fully saturated rings. The number of amides is 2. The molecular weight excluding hydrogens is 280 g/mol. The standard InChI is InChI=1S/C14H19ClN2O3/c1-3-5-8-17(4-2)14(20)16-10-6-7-12(15)11(9-10)13(18)19/h6-7,9H,3-5,8H2,1-2H3,(H,16,20)(H,18,19). The van der Waals surface area contributed by atoms with Gasteiger partial charge in [-0.15, -0.1) is 0 Å². The summed E-state index contributed by atoms with van der Waals surface area (Å²) in [7, 11) is 0. The maximum atomic E-state index is 12.1. The number of carboxylic acid groups (broad SMARTS) is 1. The van der Waals surface area contributed by atoms with Crippen molar-refractivity contribution in [2.24, 2.45) is 0 Å². The lowest BCUT2D eigenvalue weighted by molar-refractivity contribution is 0.0697. The molecule has 0 aliphatic carbocycles. The number of halogens is 1. The highest BCUT2D eigenvalue weighted by Gasteiger charge is 2.14. The van der Waals surface area contributed by atoms with Crippen molar-refractivity contribution >= 4 is 29.3 Å². The van der Waals surface area contributed by atoms with E-state index in [9.17, 15) is 9.59 Å². The summed E-state index contributed by atoms with van der Waals surface area (Å²) in [6, 6.07) is 4.17. The van der Waals surface area contributed by atoms with Crippen LogP contribution in [-0.2, 0) is 0 Å². The number of nitrogens with one attached hydrogen (secondary N) is 1. The molecule has 2 amide bonds. The molecular formula is C14H19ClN2O3. The topological polar surface area (TPSA) is 69.6 Å². The normalized spacial score (nSPS) is 10.2. The van der Waals surface area contributed by atoms with Crippen LogP contribution >= 0.6 is 11.6 Å². The van der Waals surface area contributed by atoms with Crippen LogP contribution in [0, 0.1) is 0 Å². The molecule has 1 rings (SSSR count). The first-order chi connectivity index (χ1) is 9.49. The van der Waals surface area contributed by atoms with Gasteiger partial charge in [-0.2, -0.15) is 0 Å². The van der Waals surface area contributed by atoms with Gasteiger partial charge in [0.25, 0.3) is 0 Å². The van der Waals surface area contributed by atoms with E-state index in [-0.39, 0.29) is 16.6 Å². The summed E-state index contributed by atoms with van der Waals surface area (Å²) in [6.07, 6.45) is 1.94. The van der Waals surface area contributed by atoms with Crippen LogP contribution in [0.1, 0.15) is 37.0 Å². The minimum Gasteiger partial charge on any atom is -0.478 e. The van der Waals surface area contributed by atoms with E-state index in [1.807, 2.05) is 6.92 Å². The first-order valence-electron chi connectivity index (χ1n) is 6.58. The Hall–Kier alpha value is -1.75. The second-order valence-corrected chi connectivity index (χ2v) is 4.77. The Morgan fingerprint density at radius 1 is 1.35 bits per heavy atom. The van der Waals surface area contributed by atoms with Gasteiger partial charge in [0.15, 0.2) is 0 Å². The summed E-state index contributed by atoms with van der Waals surface area (Å²) in [5.74, 6) is -1.12. The molecule has 0 aromatic heterocycles. The van der Waals surface area contributed by atoms with E-state index >= 15 is 0 Å². The lowest BCUT2D eigenvalue weighted by Crippen LogP contribution is -2.35. The number of nitrogens with zero attached hydrogens (tertiary/aromatic N) is 1. The van der Waals surface area contributed by atoms with Crippen LogP contribution in [0.5, 0.6) is 0 Å². The third kappa shape index (κ3) is 4.42. The summed E-state index contributed by atoms with van der Waals surface area (Å²) < 4.78 is 0. The Labute approximate surface area is 123 Å². The fourth-order valence-electron chi connectivity index (χ4n) is 1.72. The molecule has 1 aromatic carbocycles. The van der Waals surface area contributed by atoms with Crippen LogP contribution in [0.2, 0.25) is 5.02 Å². The van der Waals surface area contributed by atoms with Crippen molar-refractivity contribution in [2.75, 3.05) is 18.4 Å². The summed E-state index contributed by atoms with van der Waals surface area (Å²) in [5, 5.41) is 11.8. The highest BCUT2D eigenvalue weighted by molar-refractivity contribution is 6.33. The van der Waals surface area contributed by atoms with Crippen LogP contribution in [0.3, 0.4) is 0 Å². The van der Waals surface area contributed by atoms with E-state index in [0.29, 0.717) is 18.8 Å². The Bertz CT molecular complexity index is 491. The molecule has 0 saturated carbocycles. The Morgan fingerprint density at radius 2 is 2.05 bits per heavy atom. The van der Waals surface area contributed by atoms with Crippen molar-refractivity contribution in [3.63, 3.8) is 0 Å². The second-order valence-electron chi connectivity index (χ2n) is 4.36. The van der Waals surface area contributed by atoms with Crippen molar-refractivity contribution in [3.8, 4) is 0 Å². The molecule has 0 unspecified atom stereocenters. The summed E-state index contributed by atoms with van der Waals surface area (Å²) in [6.45, 7) is 5.24. The largest absolute Gasteiger partial charge is 0.478 e. The van der Waals surface area contributed by atoms with E-state index in [4.69, 9.17) is 16.7 Å². The van der Waals surface area contributed by atoms with Gasteiger partial charge in [-0.3, -0.25) is 0 Å². The van der Waals surface area contributed by atoms with Gasteiger partial charge in [-0.1, -0.05) is 24.9 Å². The molecule has 0 aliphatic rings. The number of urea groups is 1. The molecule has 0 saturated heterocycles. The van der Waals surface area contributed by atoms with E-state index in [2.05, 4.69) is 12.2 Å². The number of unbranched alkanes of at least 4 members (excludes halogenated alkanes) is 1. The smallest absolute Gasteiger partial charge is 0.337 e. The van der Waals surface area contributed by atoms with Gasteiger partial charge in [0.2, 0.25) is 0 Å². The van der Waals surface area contributed by atoms with Gasteiger partial charge in [0, 0.05) is 18.8 Å². The quantitative estimate of drug-likeness (QED) is 0.841. The first-order valence-corrected chi connectivity index (χ1v) is 6.96.